The molecule has 1 atom stereocenters. The van der Waals surface area contributed by atoms with Crippen molar-refractivity contribution in [3.63, 3.8) is 0 Å². The molecule has 8 heteroatoms. The van der Waals surface area contributed by atoms with Crippen molar-refractivity contribution in [3.8, 4) is 0 Å². The Hall–Kier alpha value is -2.05. The number of ether oxygens (including phenoxy) is 2. The molecule has 1 heterocycles. The van der Waals surface area contributed by atoms with Crippen molar-refractivity contribution in [1.29, 1.82) is 0 Å². The summed E-state index contributed by atoms with van der Waals surface area (Å²) in [4.78, 5) is 28.0. The summed E-state index contributed by atoms with van der Waals surface area (Å²) < 4.78 is 11.9. The number of carboxylic acids is 1. The first-order valence-corrected chi connectivity index (χ1v) is 10.7. The Kier molecular flexibility index (Phi) is 6.54. The molecule has 148 valence electrons. The molecule has 2 N–H and O–H groups in total. The van der Waals surface area contributed by atoms with E-state index in [1.165, 1.54) is 0 Å². The zero-order valence-corrected chi connectivity index (χ0v) is 17.9. The van der Waals surface area contributed by atoms with Crippen LogP contribution in [-0.4, -0.2) is 61.8 Å². The van der Waals surface area contributed by atoms with Gasteiger partial charge in [0, 0.05) is 0 Å². The number of amides is 1. The van der Waals surface area contributed by atoms with Gasteiger partial charge < -0.3 is 0 Å². The van der Waals surface area contributed by atoms with Crippen LogP contribution in [-0.2, 0) is 14.3 Å². The maximum atomic E-state index is 11.9. The molecule has 0 bridgehead atoms. The molecule has 0 aliphatic carbocycles. The number of aliphatic imine (C=N–C) groups is 1. The van der Waals surface area contributed by atoms with E-state index < -0.39 is 23.7 Å². The van der Waals surface area contributed by atoms with Crippen LogP contribution < -0.4 is 9.78 Å². The van der Waals surface area contributed by atoms with Crippen LogP contribution in [0.4, 0.5) is 4.79 Å². The van der Waals surface area contributed by atoms with Gasteiger partial charge in [0.05, 0.1) is 0 Å². The van der Waals surface area contributed by atoms with E-state index in [9.17, 15) is 14.7 Å². The van der Waals surface area contributed by atoms with E-state index in [1.54, 1.807) is 20.8 Å². The quantitative estimate of drug-likeness (QED) is 0.658. The number of alkyl carbamates (subject to hydrolysis) is 1. The van der Waals surface area contributed by atoms with E-state index in [0.717, 1.165) is 10.0 Å². The van der Waals surface area contributed by atoms with E-state index in [2.05, 4.69) is 10.3 Å². The molecule has 0 radical (unpaired) electrons. The Morgan fingerprint density at radius 2 is 2.04 bits per heavy atom. The van der Waals surface area contributed by atoms with E-state index in [0.29, 0.717) is 12.5 Å². The zero-order valence-electron chi connectivity index (χ0n) is 16.2. The number of hydrogen-bond donors (Lipinski definition) is 2. The van der Waals surface area contributed by atoms with Crippen molar-refractivity contribution >= 4 is 37.4 Å². The first kappa shape index (κ1) is 21.3. The van der Waals surface area contributed by atoms with Crippen LogP contribution in [0.3, 0.4) is 0 Å². The van der Waals surface area contributed by atoms with Crippen LogP contribution >= 0.6 is 0 Å². The monoisotopic (exact) mass is 442 g/mol. The number of carbonyl (C=O) groups excluding carboxylic acids is 1. The van der Waals surface area contributed by atoms with Gasteiger partial charge in [-0.15, -0.1) is 0 Å². The third-order valence-corrected chi connectivity index (χ3v) is 5.93. The fourth-order valence-electron chi connectivity index (χ4n) is 2.29. The summed E-state index contributed by atoms with van der Waals surface area (Å²) >= 11 is -0.201. The second-order valence-corrected chi connectivity index (χ2v) is 10.1. The van der Waals surface area contributed by atoms with Gasteiger partial charge in [-0.25, -0.2) is 0 Å². The van der Waals surface area contributed by atoms with Crippen molar-refractivity contribution in [2.24, 2.45) is 4.99 Å². The molecule has 1 amide bonds. The normalized spacial score (nSPS) is 16.9. The first-order chi connectivity index (χ1) is 12.5. The fraction of sp³-hybridized carbons (Fsp3) is 0.526. The number of nitrogens with one attached hydrogen (secondary N) is 1. The fourth-order valence-corrected chi connectivity index (χ4v) is 4.51. The molecular formula is C19H26N2O5Se. The Morgan fingerprint density at radius 3 is 2.59 bits per heavy atom. The number of carbonyl (C=O) groups is 2. The molecule has 0 spiro atoms. The SMILES string of the molecule is CC1(C)COC(c2ccccc2[Se]C[C@H](NC(=O)OC(C)(C)C)C(=O)O)=N1. The van der Waals surface area contributed by atoms with Crippen LogP contribution in [0.2, 0.25) is 5.32 Å². The van der Waals surface area contributed by atoms with Crippen LogP contribution in [0, 0.1) is 0 Å². The van der Waals surface area contributed by atoms with Gasteiger partial charge in [0.25, 0.3) is 0 Å². The average Bonchev–Trinajstić information content (AvgIpc) is 2.89. The first-order valence-electron chi connectivity index (χ1n) is 8.64. The Morgan fingerprint density at radius 1 is 1.37 bits per heavy atom. The Labute approximate surface area is 165 Å². The average molecular weight is 441 g/mol. The van der Waals surface area contributed by atoms with E-state index >= 15 is 0 Å². The maximum absolute atomic E-state index is 11.9. The molecule has 0 fully saturated rings. The number of carboxylic acid groups (broad SMARTS) is 1. The van der Waals surface area contributed by atoms with Gasteiger partial charge in [-0.05, 0) is 0 Å². The molecule has 1 aromatic rings. The number of nitrogens with zero attached hydrogens (tertiary/aromatic N) is 1. The second kappa shape index (κ2) is 8.31. The summed E-state index contributed by atoms with van der Waals surface area (Å²) in [5.41, 5.74) is -0.0723. The zero-order chi connectivity index (χ0) is 20.2. The van der Waals surface area contributed by atoms with Gasteiger partial charge >= 0.3 is 165 Å². The van der Waals surface area contributed by atoms with Crippen molar-refractivity contribution in [3.05, 3.63) is 29.8 Å². The predicted molar refractivity (Wildman–Crippen MR) is 104 cm³/mol. The summed E-state index contributed by atoms with van der Waals surface area (Å²) in [6, 6.07) is 6.65. The molecule has 1 aliphatic heterocycles. The molecule has 0 saturated heterocycles. The van der Waals surface area contributed by atoms with Crippen molar-refractivity contribution < 1.29 is 24.2 Å². The van der Waals surface area contributed by atoms with Crippen molar-refractivity contribution in [2.45, 2.75) is 57.1 Å². The molecule has 1 aromatic carbocycles. The molecule has 2 rings (SSSR count). The van der Waals surface area contributed by atoms with Gasteiger partial charge in [0.15, 0.2) is 0 Å². The van der Waals surface area contributed by atoms with Gasteiger partial charge in [-0.2, -0.15) is 0 Å². The molecule has 1 aliphatic rings. The second-order valence-electron chi connectivity index (χ2n) is 7.86. The standard InChI is InChI=1S/C19H26N2O5Se/c1-18(2,3)26-17(24)20-13(16(22)23)10-27-14-9-7-6-8-12(14)15-21-19(4,5)11-25-15/h6-9,13H,10-11H2,1-5H3,(H,20,24)(H,22,23)/t13-/m0/s1. The third-order valence-electron chi connectivity index (χ3n) is 3.48. The minimum atomic E-state index is -1.09. The Bertz CT molecular complexity index is 740. The van der Waals surface area contributed by atoms with E-state index in [1.807, 2.05) is 38.1 Å². The van der Waals surface area contributed by atoms with Gasteiger partial charge in [-0.3, -0.25) is 0 Å². The minimum absolute atomic E-state index is 0.201. The van der Waals surface area contributed by atoms with Crippen LogP contribution in [0.5, 0.6) is 0 Å². The van der Waals surface area contributed by atoms with Gasteiger partial charge in [0.1, 0.15) is 0 Å². The van der Waals surface area contributed by atoms with Gasteiger partial charge in [0.2, 0.25) is 0 Å². The van der Waals surface area contributed by atoms with Crippen LogP contribution in [0.25, 0.3) is 0 Å². The number of rotatable bonds is 6. The molecule has 7 nitrogen and oxygen atoms in total. The summed E-state index contributed by atoms with van der Waals surface area (Å²) in [6.45, 7) is 9.70. The van der Waals surface area contributed by atoms with E-state index in [4.69, 9.17) is 9.47 Å². The van der Waals surface area contributed by atoms with Crippen LogP contribution in [0.1, 0.15) is 40.2 Å². The number of hydrogen-bond acceptors (Lipinski definition) is 5. The molecular weight excluding hydrogens is 415 g/mol. The van der Waals surface area contributed by atoms with Crippen LogP contribution in [0.15, 0.2) is 29.3 Å². The number of aliphatic carboxylic acids is 1. The van der Waals surface area contributed by atoms with Crippen molar-refractivity contribution in [1.82, 2.24) is 5.32 Å². The molecule has 0 unspecified atom stereocenters. The molecule has 0 aromatic heterocycles. The molecule has 27 heavy (non-hydrogen) atoms. The summed E-state index contributed by atoms with van der Waals surface area (Å²) in [5.74, 6) is -0.500. The Balaban J connectivity index is 2.08. The topological polar surface area (TPSA) is 97.2 Å². The van der Waals surface area contributed by atoms with Crippen molar-refractivity contribution in [2.75, 3.05) is 6.61 Å². The summed E-state index contributed by atoms with van der Waals surface area (Å²) in [6.07, 6.45) is -0.732. The predicted octanol–water partition coefficient (Wildman–Crippen LogP) is 1.97. The van der Waals surface area contributed by atoms with E-state index in [-0.39, 0.29) is 25.8 Å². The number of benzene rings is 1. The summed E-state index contributed by atoms with van der Waals surface area (Å²) in [7, 11) is 0. The summed E-state index contributed by atoms with van der Waals surface area (Å²) in [5, 5.41) is 12.2. The molecule has 0 saturated carbocycles. The third kappa shape index (κ3) is 6.56. The van der Waals surface area contributed by atoms with Gasteiger partial charge in [-0.1, -0.05) is 0 Å².